The minimum atomic E-state index is -0.972. The molecule has 0 spiro atoms. The lowest BCUT2D eigenvalue weighted by atomic mass is 10.2. The first-order chi connectivity index (χ1) is 12.0. The number of ether oxygens (including phenoxy) is 1. The Bertz CT molecular complexity index is 794. The van der Waals surface area contributed by atoms with Crippen LogP contribution in [-0.2, 0) is 9.59 Å². The minimum absolute atomic E-state index is 0.291. The summed E-state index contributed by atoms with van der Waals surface area (Å²) in [6.07, 6.45) is 1.32. The third kappa shape index (κ3) is 5.58. The second kappa shape index (κ2) is 8.79. The molecule has 130 valence electrons. The lowest BCUT2D eigenvalue weighted by molar-refractivity contribution is -0.136. The molecular weight excluding hydrogens is 349 g/mol. The highest BCUT2D eigenvalue weighted by Crippen LogP contribution is 2.21. The summed E-state index contributed by atoms with van der Waals surface area (Å²) in [6, 6.07) is 9.96. The van der Waals surface area contributed by atoms with Crippen molar-refractivity contribution in [1.29, 1.82) is 0 Å². The van der Waals surface area contributed by atoms with Crippen molar-refractivity contribution in [2.75, 3.05) is 11.9 Å². The molecular formula is C17H15ClFN3O3. The van der Waals surface area contributed by atoms with Crippen LogP contribution >= 0.6 is 11.6 Å². The molecule has 0 saturated carbocycles. The zero-order valence-electron chi connectivity index (χ0n) is 13.3. The molecule has 2 amide bonds. The zero-order valence-corrected chi connectivity index (χ0v) is 14.0. The van der Waals surface area contributed by atoms with E-state index in [2.05, 4.69) is 15.8 Å². The van der Waals surface area contributed by atoms with Gasteiger partial charge >= 0.3 is 11.8 Å². The summed E-state index contributed by atoms with van der Waals surface area (Å²) in [5.74, 6) is -1.81. The second-order valence-corrected chi connectivity index (χ2v) is 5.21. The van der Waals surface area contributed by atoms with Crippen LogP contribution in [0.2, 0.25) is 5.02 Å². The van der Waals surface area contributed by atoms with E-state index in [9.17, 15) is 14.0 Å². The third-order valence-electron chi connectivity index (χ3n) is 2.95. The number of amides is 2. The van der Waals surface area contributed by atoms with Crippen LogP contribution in [0.25, 0.3) is 0 Å². The Hall–Kier alpha value is -2.93. The number of carbonyl (C=O) groups excluding carboxylic acids is 2. The number of nitrogens with one attached hydrogen (secondary N) is 2. The summed E-state index contributed by atoms with van der Waals surface area (Å²) >= 11 is 5.91. The number of hydrazone groups is 1. The number of hydrogen-bond donors (Lipinski definition) is 2. The van der Waals surface area contributed by atoms with Gasteiger partial charge in [0.05, 0.1) is 12.8 Å². The molecule has 0 heterocycles. The Morgan fingerprint density at radius 2 is 1.92 bits per heavy atom. The van der Waals surface area contributed by atoms with Gasteiger partial charge in [-0.1, -0.05) is 11.6 Å². The molecule has 8 heteroatoms. The third-order valence-corrected chi connectivity index (χ3v) is 3.18. The summed E-state index contributed by atoms with van der Waals surface area (Å²) in [5, 5.41) is 6.52. The first-order valence-electron chi connectivity index (χ1n) is 7.32. The van der Waals surface area contributed by atoms with Crippen molar-refractivity contribution in [2.45, 2.75) is 6.92 Å². The first-order valence-corrected chi connectivity index (χ1v) is 7.69. The largest absolute Gasteiger partial charge is 0.493 e. The highest BCUT2D eigenvalue weighted by atomic mass is 35.5. The van der Waals surface area contributed by atoms with Crippen LogP contribution in [0.3, 0.4) is 0 Å². The van der Waals surface area contributed by atoms with Gasteiger partial charge in [0.15, 0.2) is 0 Å². The van der Waals surface area contributed by atoms with Crippen molar-refractivity contribution < 1.29 is 18.7 Å². The van der Waals surface area contributed by atoms with Crippen LogP contribution < -0.4 is 15.5 Å². The van der Waals surface area contributed by atoms with Gasteiger partial charge in [-0.2, -0.15) is 5.10 Å². The van der Waals surface area contributed by atoms with Gasteiger partial charge in [-0.25, -0.2) is 9.82 Å². The number of halogens is 2. The van der Waals surface area contributed by atoms with Gasteiger partial charge in [0.25, 0.3) is 0 Å². The molecule has 0 aromatic heterocycles. The molecule has 2 rings (SSSR count). The maximum absolute atomic E-state index is 12.8. The van der Waals surface area contributed by atoms with E-state index in [1.165, 1.54) is 30.5 Å². The Morgan fingerprint density at radius 3 is 2.60 bits per heavy atom. The molecule has 0 fully saturated rings. The molecule has 0 atom stereocenters. The molecule has 2 aromatic rings. The SMILES string of the molecule is CCOc1ccc(Cl)cc1/C=N\NC(=O)C(=O)Nc1ccc(F)cc1. The van der Waals surface area contributed by atoms with E-state index < -0.39 is 17.6 Å². The monoisotopic (exact) mass is 363 g/mol. The molecule has 0 aliphatic heterocycles. The van der Waals surface area contributed by atoms with Crippen molar-refractivity contribution in [3.63, 3.8) is 0 Å². The molecule has 6 nitrogen and oxygen atoms in total. The summed E-state index contributed by atoms with van der Waals surface area (Å²) < 4.78 is 18.2. The standard InChI is InChI=1S/C17H15ClFN3O3/c1-2-25-15-8-3-12(18)9-11(15)10-20-22-17(24)16(23)21-14-6-4-13(19)5-7-14/h3-10H,2H2,1H3,(H,21,23)(H,22,24)/b20-10-. The van der Waals surface area contributed by atoms with Crippen LogP contribution in [0.15, 0.2) is 47.6 Å². The molecule has 0 unspecified atom stereocenters. The topological polar surface area (TPSA) is 79.8 Å². The lowest BCUT2D eigenvalue weighted by Gasteiger charge is -2.07. The van der Waals surface area contributed by atoms with Gasteiger partial charge in [-0.15, -0.1) is 0 Å². The maximum Gasteiger partial charge on any atom is 0.329 e. The van der Waals surface area contributed by atoms with E-state index in [1.54, 1.807) is 18.2 Å². The lowest BCUT2D eigenvalue weighted by Crippen LogP contribution is -2.32. The van der Waals surface area contributed by atoms with E-state index in [1.807, 2.05) is 6.92 Å². The second-order valence-electron chi connectivity index (χ2n) is 4.78. The fraction of sp³-hybridized carbons (Fsp3) is 0.118. The number of nitrogens with zero attached hydrogens (tertiary/aromatic N) is 1. The Kier molecular flexibility index (Phi) is 6.47. The summed E-state index contributed by atoms with van der Waals surface area (Å²) in [5.41, 5.74) is 2.94. The fourth-order valence-electron chi connectivity index (χ4n) is 1.84. The number of carbonyl (C=O) groups is 2. The average molecular weight is 364 g/mol. The molecule has 0 bridgehead atoms. The van der Waals surface area contributed by atoms with Crippen LogP contribution in [0.1, 0.15) is 12.5 Å². The number of benzene rings is 2. The summed E-state index contributed by atoms with van der Waals surface area (Å²) in [7, 11) is 0. The van der Waals surface area contributed by atoms with Gasteiger partial charge in [-0.05, 0) is 49.4 Å². The summed E-state index contributed by atoms with van der Waals surface area (Å²) in [6.45, 7) is 2.28. The Balaban J connectivity index is 1.97. The van der Waals surface area contributed by atoms with E-state index >= 15 is 0 Å². The number of anilines is 1. The van der Waals surface area contributed by atoms with Crippen molar-refractivity contribution in [3.8, 4) is 5.75 Å². The minimum Gasteiger partial charge on any atom is -0.493 e. The normalized spacial score (nSPS) is 10.5. The highest BCUT2D eigenvalue weighted by Gasteiger charge is 2.13. The number of hydrogen-bond acceptors (Lipinski definition) is 4. The molecule has 2 aromatic carbocycles. The van der Waals surface area contributed by atoms with Gasteiger partial charge in [-0.3, -0.25) is 9.59 Å². The smallest absolute Gasteiger partial charge is 0.329 e. The van der Waals surface area contributed by atoms with Crippen LogP contribution in [-0.4, -0.2) is 24.6 Å². The Labute approximate surface area is 148 Å². The van der Waals surface area contributed by atoms with Crippen molar-refractivity contribution in [1.82, 2.24) is 5.43 Å². The number of rotatable bonds is 5. The predicted molar refractivity (Wildman–Crippen MR) is 93.4 cm³/mol. The fourth-order valence-corrected chi connectivity index (χ4v) is 2.02. The first kappa shape index (κ1) is 18.4. The Morgan fingerprint density at radius 1 is 1.20 bits per heavy atom. The molecule has 0 aliphatic rings. The van der Waals surface area contributed by atoms with Crippen LogP contribution in [0.4, 0.5) is 10.1 Å². The predicted octanol–water partition coefficient (Wildman–Crippen LogP) is 2.97. The van der Waals surface area contributed by atoms with Crippen LogP contribution in [0.5, 0.6) is 5.75 Å². The van der Waals surface area contributed by atoms with Crippen molar-refractivity contribution >= 4 is 35.3 Å². The van der Waals surface area contributed by atoms with Gasteiger partial charge in [0, 0.05) is 16.3 Å². The molecule has 0 radical (unpaired) electrons. The average Bonchev–Trinajstić information content (AvgIpc) is 2.59. The molecule has 2 N–H and O–H groups in total. The van der Waals surface area contributed by atoms with E-state index in [0.717, 1.165) is 0 Å². The highest BCUT2D eigenvalue weighted by molar-refractivity contribution is 6.39. The van der Waals surface area contributed by atoms with Gasteiger partial charge in [0.2, 0.25) is 0 Å². The van der Waals surface area contributed by atoms with Gasteiger partial charge < -0.3 is 10.1 Å². The maximum atomic E-state index is 12.8. The molecule has 0 aliphatic carbocycles. The summed E-state index contributed by atoms with van der Waals surface area (Å²) in [4.78, 5) is 23.4. The molecule has 25 heavy (non-hydrogen) atoms. The quantitative estimate of drug-likeness (QED) is 0.487. The van der Waals surface area contributed by atoms with Crippen molar-refractivity contribution in [2.24, 2.45) is 5.10 Å². The molecule has 0 saturated heterocycles. The van der Waals surface area contributed by atoms with E-state index in [0.29, 0.717) is 28.6 Å². The van der Waals surface area contributed by atoms with Crippen LogP contribution in [0, 0.1) is 5.82 Å². The zero-order chi connectivity index (χ0) is 18.2. The van der Waals surface area contributed by atoms with Crippen molar-refractivity contribution in [3.05, 3.63) is 58.9 Å². The van der Waals surface area contributed by atoms with E-state index in [4.69, 9.17) is 16.3 Å². The van der Waals surface area contributed by atoms with E-state index in [-0.39, 0.29) is 0 Å². The van der Waals surface area contributed by atoms with Gasteiger partial charge in [0.1, 0.15) is 11.6 Å².